The Morgan fingerprint density at radius 3 is 2.44 bits per heavy atom. The van der Waals surface area contributed by atoms with E-state index in [0.717, 1.165) is 5.56 Å². The molecule has 1 aliphatic rings. The summed E-state index contributed by atoms with van der Waals surface area (Å²) in [5, 5.41) is 9.25. The minimum atomic E-state index is -0.605. The highest BCUT2D eigenvalue weighted by Gasteiger charge is 2.31. The SMILES string of the molecule is CC1=C(C(=O)Nc2cccc(Cl)c2)[C@H](c2cccc(Cl)c2)NC(=O)N1. The van der Waals surface area contributed by atoms with E-state index in [1.807, 2.05) is 6.07 Å². The molecule has 2 aromatic carbocycles. The summed E-state index contributed by atoms with van der Waals surface area (Å²) in [4.78, 5) is 24.7. The van der Waals surface area contributed by atoms with Crippen molar-refractivity contribution in [3.63, 3.8) is 0 Å². The molecule has 1 heterocycles. The molecule has 25 heavy (non-hydrogen) atoms. The smallest absolute Gasteiger partial charge is 0.319 e. The zero-order valence-corrected chi connectivity index (χ0v) is 14.8. The lowest BCUT2D eigenvalue weighted by Gasteiger charge is -2.28. The lowest BCUT2D eigenvalue weighted by molar-refractivity contribution is -0.113. The number of amides is 3. The van der Waals surface area contributed by atoms with E-state index in [1.54, 1.807) is 49.4 Å². The van der Waals surface area contributed by atoms with Crippen LogP contribution in [0, 0.1) is 0 Å². The molecule has 5 nitrogen and oxygen atoms in total. The van der Waals surface area contributed by atoms with Crippen LogP contribution in [-0.2, 0) is 4.79 Å². The molecule has 0 fully saturated rings. The highest BCUT2D eigenvalue weighted by atomic mass is 35.5. The molecular formula is C18H15Cl2N3O2. The van der Waals surface area contributed by atoms with Gasteiger partial charge in [0.2, 0.25) is 0 Å². The first-order valence-electron chi connectivity index (χ1n) is 7.54. The van der Waals surface area contributed by atoms with E-state index in [-0.39, 0.29) is 11.9 Å². The molecule has 7 heteroatoms. The first-order chi connectivity index (χ1) is 11.9. The fourth-order valence-corrected chi connectivity index (χ4v) is 3.08. The minimum Gasteiger partial charge on any atom is -0.327 e. The molecule has 1 aliphatic heterocycles. The van der Waals surface area contributed by atoms with Gasteiger partial charge < -0.3 is 16.0 Å². The van der Waals surface area contributed by atoms with E-state index in [4.69, 9.17) is 23.2 Å². The van der Waals surface area contributed by atoms with E-state index in [0.29, 0.717) is 27.0 Å². The number of nitrogens with one attached hydrogen (secondary N) is 3. The standard InChI is InChI=1S/C18H15Cl2N3O2/c1-10-15(17(24)22-14-7-3-6-13(20)9-14)16(23-18(25)21-10)11-4-2-5-12(19)8-11/h2-9,16H,1H3,(H,22,24)(H2,21,23,25)/t16-/m0/s1. The fourth-order valence-electron chi connectivity index (χ4n) is 2.70. The molecule has 0 unspecified atom stereocenters. The average molecular weight is 376 g/mol. The quantitative estimate of drug-likeness (QED) is 0.749. The lowest BCUT2D eigenvalue weighted by Crippen LogP contribution is -2.45. The fraction of sp³-hybridized carbons (Fsp3) is 0.111. The maximum Gasteiger partial charge on any atom is 0.319 e. The average Bonchev–Trinajstić information content (AvgIpc) is 2.54. The largest absolute Gasteiger partial charge is 0.327 e. The summed E-state index contributed by atoms with van der Waals surface area (Å²) in [6.45, 7) is 1.68. The maximum absolute atomic E-state index is 12.8. The molecule has 0 aromatic heterocycles. The Hall–Kier alpha value is -2.50. The number of allylic oxidation sites excluding steroid dienone is 1. The summed E-state index contributed by atoms with van der Waals surface area (Å²) in [7, 11) is 0. The molecule has 0 bridgehead atoms. The van der Waals surface area contributed by atoms with Gasteiger partial charge in [-0.05, 0) is 42.8 Å². The first kappa shape index (κ1) is 17.3. The molecule has 3 amide bonds. The summed E-state index contributed by atoms with van der Waals surface area (Å²) < 4.78 is 0. The van der Waals surface area contributed by atoms with Crippen LogP contribution < -0.4 is 16.0 Å². The van der Waals surface area contributed by atoms with Crippen molar-refractivity contribution in [3.05, 3.63) is 75.4 Å². The van der Waals surface area contributed by atoms with Crippen LogP contribution in [0.5, 0.6) is 0 Å². The third-order valence-electron chi connectivity index (χ3n) is 3.78. The summed E-state index contributed by atoms with van der Waals surface area (Å²) in [5.41, 5.74) is 2.17. The summed E-state index contributed by atoms with van der Waals surface area (Å²) in [6, 6.07) is 12.9. The van der Waals surface area contributed by atoms with Gasteiger partial charge in [-0.3, -0.25) is 4.79 Å². The molecule has 3 rings (SSSR count). The molecule has 3 N–H and O–H groups in total. The van der Waals surface area contributed by atoms with Crippen LogP contribution in [0.1, 0.15) is 18.5 Å². The number of hydrogen-bond acceptors (Lipinski definition) is 2. The second-order valence-corrected chi connectivity index (χ2v) is 6.46. The van der Waals surface area contributed by atoms with Crippen molar-refractivity contribution >= 4 is 40.8 Å². The molecule has 128 valence electrons. The van der Waals surface area contributed by atoms with Crippen molar-refractivity contribution in [2.75, 3.05) is 5.32 Å². The van der Waals surface area contributed by atoms with Crippen molar-refractivity contribution in [2.24, 2.45) is 0 Å². The molecular weight excluding hydrogens is 361 g/mol. The first-order valence-corrected chi connectivity index (χ1v) is 8.30. The van der Waals surface area contributed by atoms with Gasteiger partial charge in [0.15, 0.2) is 0 Å². The maximum atomic E-state index is 12.8. The van der Waals surface area contributed by atoms with Crippen LogP contribution in [0.15, 0.2) is 59.8 Å². The zero-order chi connectivity index (χ0) is 18.0. The van der Waals surface area contributed by atoms with Gasteiger partial charge >= 0.3 is 6.03 Å². The minimum absolute atomic E-state index is 0.336. The Morgan fingerprint density at radius 1 is 1.08 bits per heavy atom. The Labute approximate surface area is 155 Å². The summed E-state index contributed by atoms with van der Waals surface area (Å²) in [6.07, 6.45) is 0. The van der Waals surface area contributed by atoms with Crippen molar-refractivity contribution < 1.29 is 9.59 Å². The second kappa shape index (κ2) is 7.17. The molecule has 0 aliphatic carbocycles. The van der Waals surface area contributed by atoms with Gasteiger partial charge in [-0.1, -0.05) is 41.4 Å². The van der Waals surface area contributed by atoms with Crippen molar-refractivity contribution in [2.45, 2.75) is 13.0 Å². The van der Waals surface area contributed by atoms with Gasteiger partial charge in [0.25, 0.3) is 5.91 Å². The van der Waals surface area contributed by atoms with Gasteiger partial charge in [0.1, 0.15) is 0 Å². The number of benzene rings is 2. The third kappa shape index (κ3) is 3.95. The molecule has 0 spiro atoms. The van der Waals surface area contributed by atoms with E-state index in [1.165, 1.54) is 0 Å². The summed E-state index contributed by atoms with van der Waals surface area (Å²) >= 11 is 12.0. The predicted octanol–water partition coefficient (Wildman–Crippen LogP) is 4.26. The lowest BCUT2D eigenvalue weighted by atomic mass is 9.95. The van der Waals surface area contributed by atoms with E-state index >= 15 is 0 Å². The van der Waals surface area contributed by atoms with Crippen molar-refractivity contribution in [1.29, 1.82) is 0 Å². The number of urea groups is 1. The molecule has 2 aromatic rings. The Kier molecular flexibility index (Phi) is 4.97. The number of carbonyl (C=O) groups excluding carboxylic acids is 2. The van der Waals surface area contributed by atoms with Gasteiger partial charge in [0.05, 0.1) is 11.6 Å². The van der Waals surface area contributed by atoms with Gasteiger partial charge in [-0.15, -0.1) is 0 Å². The van der Waals surface area contributed by atoms with E-state index < -0.39 is 6.04 Å². The van der Waals surface area contributed by atoms with Crippen LogP contribution in [0.2, 0.25) is 10.0 Å². The Bertz CT molecular complexity index is 880. The normalized spacial score (nSPS) is 16.9. The number of carbonyl (C=O) groups is 2. The second-order valence-electron chi connectivity index (χ2n) is 5.59. The van der Waals surface area contributed by atoms with Crippen LogP contribution in [-0.4, -0.2) is 11.9 Å². The molecule has 1 atom stereocenters. The Balaban J connectivity index is 1.96. The van der Waals surface area contributed by atoms with Crippen molar-refractivity contribution in [1.82, 2.24) is 10.6 Å². The highest BCUT2D eigenvalue weighted by Crippen LogP contribution is 2.29. The van der Waals surface area contributed by atoms with Crippen LogP contribution >= 0.6 is 23.2 Å². The third-order valence-corrected chi connectivity index (χ3v) is 4.25. The van der Waals surface area contributed by atoms with Crippen LogP contribution in [0.3, 0.4) is 0 Å². The van der Waals surface area contributed by atoms with Crippen LogP contribution in [0.4, 0.5) is 10.5 Å². The van der Waals surface area contributed by atoms with Gasteiger partial charge in [-0.25, -0.2) is 4.79 Å². The zero-order valence-electron chi connectivity index (χ0n) is 13.3. The van der Waals surface area contributed by atoms with Gasteiger partial charge in [-0.2, -0.15) is 0 Å². The number of halogens is 2. The predicted molar refractivity (Wildman–Crippen MR) is 98.6 cm³/mol. The van der Waals surface area contributed by atoms with E-state index in [9.17, 15) is 9.59 Å². The molecule has 0 saturated carbocycles. The number of hydrogen-bond donors (Lipinski definition) is 3. The Morgan fingerprint density at radius 2 is 1.76 bits per heavy atom. The summed E-state index contributed by atoms with van der Waals surface area (Å²) in [5.74, 6) is -0.336. The number of anilines is 1. The van der Waals surface area contributed by atoms with Crippen molar-refractivity contribution in [3.8, 4) is 0 Å². The highest BCUT2D eigenvalue weighted by molar-refractivity contribution is 6.31. The van der Waals surface area contributed by atoms with Crippen LogP contribution in [0.25, 0.3) is 0 Å². The number of rotatable bonds is 3. The molecule has 0 saturated heterocycles. The molecule has 0 radical (unpaired) electrons. The van der Waals surface area contributed by atoms with Gasteiger partial charge in [0, 0.05) is 21.4 Å². The monoisotopic (exact) mass is 375 g/mol. The topological polar surface area (TPSA) is 70.2 Å². The van der Waals surface area contributed by atoms with E-state index in [2.05, 4.69) is 16.0 Å².